The number of carbonyl (C=O) groups is 1. The fourth-order valence-electron chi connectivity index (χ4n) is 3.76. The normalized spacial score (nSPS) is 13.9. The summed E-state index contributed by atoms with van der Waals surface area (Å²) in [5, 5.41) is 3.95. The van der Waals surface area contributed by atoms with Gasteiger partial charge >= 0.3 is 0 Å². The molecular formula is C24H27N3O3. The van der Waals surface area contributed by atoms with Crippen molar-refractivity contribution in [2.24, 2.45) is 0 Å². The Morgan fingerprint density at radius 2 is 1.77 bits per heavy atom. The number of fused-ring (bicyclic) bond motifs is 1. The maximum atomic E-state index is 12.3. The summed E-state index contributed by atoms with van der Waals surface area (Å²) in [6, 6.07) is 15.1. The van der Waals surface area contributed by atoms with E-state index in [2.05, 4.69) is 23.2 Å². The Hall–Kier alpha value is -3.28. The molecule has 2 heterocycles. The molecule has 0 spiro atoms. The van der Waals surface area contributed by atoms with Gasteiger partial charge in [-0.25, -0.2) is 4.98 Å². The molecule has 1 aliphatic heterocycles. The van der Waals surface area contributed by atoms with Gasteiger partial charge in [0, 0.05) is 24.2 Å². The summed E-state index contributed by atoms with van der Waals surface area (Å²) in [7, 11) is 1.61. The minimum absolute atomic E-state index is 0.0600. The zero-order valence-corrected chi connectivity index (χ0v) is 17.5. The Balaban J connectivity index is 1.42. The average Bonchev–Trinajstić information content (AvgIpc) is 2.79. The SMILES string of the molecule is COc1ccc(OCC(=O)Nc2ccc3nc(N4CCCCC4)cc(C)c3c2)cc1. The first-order valence-electron chi connectivity index (χ1n) is 10.4. The van der Waals surface area contributed by atoms with Gasteiger partial charge in [0.2, 0.25) is 0 Å². The van der Waals surface area contributed by atoms with E-state index in [1.807, 2.05) is 18.2 Å². The van der Waals surface area contributed by atoms with Crippen molar-refractivity contribution in [1.82, 2.24) is 4.98 Å². The first-order valence-corrected chi connectivity index (χ1v) is 10.4. The molecule has 1 aromatic heterocycles. The van der Waals surface area contributed by atoms with Gasteiger partial charge in [0.25, 0.3) is 5.91 Å². The van der Waals surface area contributed by atoms with Crippen LogP contribution in [-0.2, 0) is 4.79 Å². The average molecular weight is 405 g/mol. The molecule has 1 aliphatic rings. The molecule has 4 rings (SSSR count). The molecule has 1 saturated heterocycles. The molecule has 1 N–H and O–H groups in total. The molecule has 0 atom stereocenters. The van der Waals surface area contributed by atoms with Crippen LogP contribution in [0.2, 0.25) is 0 Å². The number of nitrogens with one attached hydrogen (secondary N) is 1. The molecule has 0 radical (unpaired) electrons. The Kier molecular flexibility index (Phi) is 6.02. The number of methoxy groups -OCH3 is 1. The molecule has 0 bridgehead atoms. The summed E-state index contributed by atoms with van der Waals surface area (Å²) in [4.78, 5) is 19.5. The summed E-state index contributed by atoms with van der Waals surface area (Å²) >= 11 is 0. The second-order valence-corrected chi connectivity index (χ2v) is 7.59. The quantitative estimate of drug-likeness (QED) is 0.651. The van der Waals surface area contributed by atoms with Crippen LogP contribution in [0.3, 0.4) is 0 Å². The number of ether oxygens (including phenoxy) is 2. The van der Waals surface area contributed by atoms with Crippen LogP contribution < -0.4 is 19.7 Å². The summed E-state index contributed by atoms with van der Waals surface area (Å²) in [6.07, 6.45) is 3.75. The number of nitrogens with zero attached hydrogens (tertiary/aromatic N) is 2. The number of hydrogen-bond acceptors (Lipinski definition) is 5. The molecular weight excluding hydrogens is 378 g/mol. The summed E-state index contributed by atoms with van der Waals surface area (Å²) in [5.41, 5.74) is 2.84. The Bertz CT molecular complexity index is 1030. The summed E-state index contributed by atoms with van der Waals surface area (Å²) in [5.74, 6) is 2.20. The highest BCUT2D eigenvalue weighted by Crippen LogP contribution is 2.27. The lowest BCUT2D eigenvalue weighted by atomic mass is 10.1. The molecule has 30 heavy (non-hydrogen) atoms. The van der Waals surface area contributed by atoms with E-state index in [1.54, 1.807) is 31.4 Å². The second-order valence-electron chi connectivity index (χ2n) is 7.59. The molecule has 6 heteroatoms. The van der Waals surface area contributed by atoms with E-state index < -0.39 is 0 Å². The van der Waals surface area contributed by atoms with Crippen molar-refractivity contribution >= 4 is 28.3 Å². The summed E-state index contributed by atoms with van der Waals surface area (Å²) < 4.78 is 10.7. The minimum atomic E-state index is -0.208. The molecule has 0 unspecified atom stereocenters. The lowest BCUT2D eigenvalue weighted by Crippen LogP contribution is -2.30. The number of rotatable bonds is 6. The van der Waals surface area contributed by atoms with Gasteiger partial charge in [0.1, 0.15) is 17.3 Å². The van der Waals surface area contributed by atoms with E-state index in [4.69, 9.17) is 14.5 Å². The van der Waals surface area contributed by atoms with Crippen molar-refractivity contribution in [1.29, 1.82) is 0 Å². The first kappa shape index (κ1) is 20.0. The topological polar surface area (TPSA) is 63.7 Å². The predicted octanol–water partition coefficient (Wildman–Crippen LogP) is 4.56. The van der Waals surface area contributed by atoms with Crippen molar-refractivity contribution in [2.45, 2.75) is 26.2 Å². The molecule has 0 aliphatic carbocycles. The van der Waals surface area contributed by atoms with Gasteiger partial charge in [-0.2, -0.15) is 0 Å². The number of hydrogen-bond donors (Lipinski definition) is 1. The van der Waals surface area contributed by atoms with Crippen molar-refractivity contribution in [3.63, 3.8) is 0 Å². The zero-order chi connectivity index (χ0) is 20.9. The van der Waals surface area contributed by atoms with Crippen LogP contribution in [0.5, 0.6) is 11.5 Å². The minimum Gasteiger partial charge on any atom is -0.497 e. The van der Waals surface area contributed by atoms with E-state index in [0.29, 0.717) is 5.75 Å². The van der Waals surface area contributed by atoms with Crippen LogP contribution in [0.4, 0.5) is 11.5 Å². The third-order valence-electron chi connectivity index (χ3n) is 5.40. The van der Waals surface area contributed by atoms with Crippen LogP contribution in [0, 0.1) is 6.92 Å². The zero-order valence-electron chi connectivity index (χ0n) is 17.5. The number of benzene rings is 2. The number of piperidine rings is 1. The van der Waals surface area contributed by atoms with E-state index in [9.17, 15) is 4.79 Å². The van der Waals surface area contributed by atoms with E-state index in [0.717, 1.165) is 46.8 Å². The van der Waals surface area contributed by atoms with Gasteiger partial charge in [-0.15, -0.1) is 0 Å². The molecule has 1 amide bonds. The van der Waals surface area contributed by atoms with E-state index in [1.165, 1.54) is 19.3 Å². The second kappa shape index (κ2) is 9.03. The van der Waals surface area contributed by atoms with Gasteiger partial charge in [-0.3, -0.25) is 4.79 Å². The van der Waals surface area contributed by atoms with Crippen molar-refractivity contribution in [3.05, 3.63) is 54.1 Å². The maximum absolute atomic E-state index is 12.3. The Labute approximate surface area is 176 Å². The maximum Gasteiger partial charge on any atom is 0.262 e. The van der Waals surface area contributed by atoms with Crippen LogP contribution in [0.25, 0.3) is 10.9 Å². The van der Waals surface area contributed by atoms with Crippen LogP contribution in [-0.4, -0.2) is 37.7 Å². The largest absolute Gasteiger partial charge is 0.497 e. The van der Waals surface area contributed by atoms with E-state index >= 15 is 0 Å². The van der Waals surface area contributed by atoms with Crippen LogP contribution >= 0.6 is 0 Å². The highest BCUT2D eigenvalue weighted by atomic mass is 16.5. The number of aryl methyl sites for hydroxylation is 1. The highest BCUT2D eigenvalue weighted by molar-refractivity contribution is 5.95. The Morgan fingerprint density at radius 3 is 2.50 bits per heavy atom. The van der Waals surface area contributed by atoms with Crippen molar-refractivity contribution in [2.75, 3.05) is 37.0 Å². The molecule has 2 aromatic carbocycles. The number of pyridine rings is 1. The smallest absolute Gasteiger partial charge is 0.262 e. The van der Waals surface area contributed by atoms with Crippen LogP contribution in [0.15, 0.2) is 48.5 Å². The van der Waals surface area contributed by atoms with Gasteiger partial charge in [-0.1, -0.05) is 0 Å². The Morgan fingerprint density at radius 1 is 1.03 bits per heavy atom. The lowest BCUT2D eigenvalue weighted by molar-refractivity contribution is -0.118. The molecule has 0 saturated carbocycles. The number of amides is 1. The lowest BCUT2D eigenvalue weighted by Gasteiger charge is -2.28. The number of anilines is 2. The number of carbonyl (C=O) groups excluding carboxylic acids is 1. The number of aromatic nitrogens is 1. The van der Waals surface area contributed by atoms with Gasteiger partial charge in [-0.05, 0) is 80.3 Å². The fourth-order valence-corrected chi connectivity index (χ4v) is 3.76. The molecule has 156 valence electrons. The monoisotopic (exact) mass is 405 g/mol. The van der Waals surface area contributed by atoms with Crippen molar-refractivity contribution < 1.29 is 14.3 Å². The molecule has 1 fully saturated rings. The van der Waals surface area contributed by atoms with Crippen molar-refractivity contribution in [3.8, 4) is 11.5 Å². The van der Waals surface area contributed by atoms with Crippen LogP contribution in [0.1, 0.15) is 24.8 Å². The predicted molar refractivity (Wildman–Crippen MR) is 120 cm³/mol. The third-order valence-corrected chi connectivity index (χ3v) is 5.40. The standard InChI is InChI=1S/C24H27N3O3/c1-17-14-23(27-12-4-3-5-13-27)26-22-11-6-18(15-21(17)22)25-24(28)16-30-20-9-7-19(29-2)8-10-20/h6-11,14-15H,3-5,12-13,16H2,1-2H3,(H,25,28). The highest BCUT2D eigenvalue weighted by Gasteiger charge is 2.14. The first-order chi connectivity index (χ1) is 14.6. The summed E-state index contributed by atoms with van der Waals surface area (Å²) in [6.45, 7) is 4.17. The van der Waals surface area contributed by atoms with Gasteiger partial charge < -0.3 is 19.7 Å². The third kappa shape index (κ3) is 4.64. The fraction of sp³-hybridized carbons (Fsp3) is 0.333. The van der Waals surface area contributed by atoms with Gasteiger partial charge in [0.15, 0.2) is 6.61 Å². The molecule has 3 aromatic rings. The van der Waals surface area contributed by atoms with E-state index in [-0.39, 0.29) is 12.5 Å². The van der Waals surface area contributed by atoms with Gasteiger partial charge in [0.05, 0.1) is 12.6 Å². The molecule has 6 nitrogen and oxygen atoms in total.